The lowest BCUT2D eigenvalue weighted by Crippen LogP contribution is -2.36. The molecule has 1 atom stereocenters. The third-order valence-corrected chi connectivity index (χ3v) is 2.87. The van der Waals surface area contributed by atoms with Crippen LogP contribution in [0.25, 0.3) is 0 Å². The van der Waals surface area contributed by atoms with E-state index in [9.17, 15) is 4.79 Å². The van der Waals surface area contributed by atoms with Crippen molar-refractivity contribution in [3.05, 3.63) is 29.8 Å². The molecule has 1 rings (SSSR count). The quantitative estimate of drug-likeness (QED) is 0.898. The van der Waals surface area contributed by atoms with Gasteiger partial charge in [-0.15, -0.1) is 0 Å². The molecule has 0 aliphatic rings. The third kappa shape index (κ3) is 5.31. The molecule has 108 valence electrons. The van der Waals surface area contributed by atoms with Gasteiger partial charge in [0.1, 0.15) is 18.8 Å². The Hall–Kier alpha value is -2.02. The molecule has 4 heteroatoms. The van der Waals surface area contributed by atoms with E-state index in [4.69, 9.17) is 10.00 Å². The Balaban J connectivity index is 2.46. The molecule has 0 aliphatic carbocycles. The standard InChI is InChI=1S/C16H22N2O2/c1-12(18-15(19)9-10-17)11-20-14-7-5-13(6-8-14)16(2,3)4/h5-8,12H,9,11H2,1-4H3,(H,18,19)/t12-/m0/s1. The van der Waals surface area contributed by atoms with E-state index in [1.54, 1.807) is 0 Å². The smallest absolute Gasteiger partial charge is 0.234 e. The van der Waals surface area contributed by atoms with Crippen LogP contribution in [0, 0.1) is 11.3 Å². The van der Waals surface area contributed by atoms with E-state index < -0.39 is 0 Å². The van der Waals surface area contributed by atoms with Crippen LogP contribution in [0.4, 0.5) is 0 Å². The molecule has 4 nitrogen and oxygen atoms in total. The highest BCUT2D eigenvalue weighted by Crippen LogP contribution is 2.24. The Labute approximate surface area is 120 Å². The number of ether oxygens (including phenoxy) is 1. The van der Waals surface area contributed by atoms with Crippen molar-refractivity contribution in [2.45, 2.75) is 45.6 Å². The summed E-state index contributed by atoms with van der Waals surface area (Å²) in [5.74, 6) is 0.506. The van der Waals surface area contributed by atoms with Crippen molar-refractivity contribution >= 4 is 5.91 Å². The zero-order chi connectivity index (χ0) is 15.2. The molecule has 1 aromatic carbocycles. The Kier molecular flexibility index (Phi) is 5.57. The summed E-state index contributed by atoms with van der Waals surface area (Å²) in [7, 11) is 0. The van der Waals surface area contributed by atoms with Crippen molar-refractivity contribution in [1.82, 2.24) is 5.32 Å². The maximum atomic E-state index is 11.2. The van der Waals surface area contributed by atoms with Crippen molar-refractivity contribution < 1.29 is 9.53 Å². The minimum absolute atomic E-state index is 0.120. The first-order valence-corrected chi connectivity index (χ1v) is 6.72. The third-order valence-electron chi connectivity index (χ3n) is 2.87. The van der Waals surface area contributed by atoms with Crippen molar-refractivity contribution in [2.24, 2.45) is 0 Å². The van der Waals surface area contributed by atoms with Crippen molar-refractivity contribution in [3.63, 3.8) is 0 Å². The predicted octanol–water partition coefficient (Wildman–Crippen LogP) is 2.78. The van der Waals surface area contributed by atoms with Crippen LogP contribution in [-0.2, 0) is 10.2 Å². The van der Waals surface area contributed by atoms with E-state index in [1.165, 1.54) is 5.56 Å². The maximum absolute atomic E-state index is 11.2. The van der Waals surface area contributed by atoms with E-state index in [2.05, 4.69) is 26.1 Å². The molecule has 1 amide bonds. The number of carbonyl (C=O) groups excluding carboxylic acids is 1. The highest BCUT2D eigenvalue weighted by molar-refractivity contribution is 5.78. The second kappa shape index (κ2) is 6.95. The van der Waals surface area contributed by atoms with Crippen LogP contribution < -0.4 is 10.1 Å². The molecule has 0 spiro atoms. The first kappa shape index (κ1) is 16.0. The summed E-state index contributed by atoms with van der Waals surface area (Å²) in [5.41, 5.74) is 1.37. The molecule has 1 aromatic rings. The fourth-order valence-corrected chi connectivity index (χ4v) is 1.71. The molecule has 0 saturated carbocycles. The Morgan fingerprint density at radius 3 is 2.45 bits per heavy atom. The van der Waals surface area contributed by atoms with Gasteiger partial charge < -0.3 is 10.1 Å². The number of hydrogen-bond acceptors (Lipinski definition) is 3. The number of hydrogen-bond donors (Lipinski definition) is 1. The monoisotopic (exact) mass is 274 g/mol. The second-order valence-electron chi connectivity index (χ2n) is 5.89. The molecule has 0 aliphatic heterocycles. The Bertz CT molecular complexity index is 481. The van der Waals surface area contributed by atoms with Gasteiger partial charge in [0.25, 0.3) is 0 Å². The summed E-state index contributed by atoms with van der Waals surface area (Å²) >= 11 is 0. The molecule has 20 heavy (non-hydrogen) atoms. The first-order valence-electron chi connectivity index (χ1n) is 6.72. The molecule has 1 N–H and O–H groups in total. The van der Waals surface area contributed by atoms with E-state index in [0.717, 1.165) is 5.75 Å². The van der Waals surface area contributed by atoms with Crippen LogP contribution in [-0.4, -0.2) is 18.6 Å². The number of amides is 1. The van der Waals surface area contributed by atoms with Crippen molar-refractivity contribution in [1.29, 1.82) is 5.26 Å². The van der Waals surface area contributed by atoms with Gasteiger partial charge in [0.2, 0.25) is 5.91 Å². The van der Waals surface area contributed by atoms with E-state index in [-0.39, 0.29) is 23.8 Å². The average molecular weight is 274 g/mol. The molecule has 0 heterocycles. The van der Waals surface area contributed by atoms with E-state index in [1.807, 2.05) is 37.3 Å². The highest BCUT2D eigenvalue weighted by atomic mass is 16.5. The van der Waals surface area contributed by atoms with Crippen LogP contribution in [0.1, 0.15) is 39.7 Å². The van der Waals surface area contributed by atoms with Crippen LogP contribution in [0.2, 0.25) is 0 Å². The first-order chi connectivity index (χ1) is 9.32. The van der Waals surface area contributed by atoms with Crippen molar-refractivity contribution in [3.8, 4) is 11.8 Å². The van der Waals surface area contributed by atoms with E-state index in [0.29, 0.717) is 6.61 Å². The average Bonchev–Trinajstić information content (AvgIpc) is 2.36. The molecule has 0 fully saturated rings. The zero-order valence-electron chi connectivity index (χ0n) is 12.6. The number of nitriles is 1. The van der Waals surface area contributed by atoms with Gasteiger partial charge in [0.15, 0.2) is 0 Å². The summed E-state index contributed by atoms with van der Waals surface area (Å²) in [4.78, 5) is 11.2. The summed E-state index contributed by atoms with van der Waals surface area (Å²) in [5, 5.41) is 11.1. The number of nitrogens with zero attached hydrogens (tertiary/aromatic N) is 1. The van der Waals surface area contributed by atoms with Gasteiger partial charge in [0, 0.05) is 0 Å². The number of carbonyl (C=O) groups is 1. The van der Waals surface area contributed by atoms with Crippen molar-refractivity contribution in [2.75, 3.05) is 6.61 Å². The molecule has 0 unspecified atom stereocenters. The van der Waals surface area contributed by atoms with Gasteiger partial charge in [-0.05, 0) is 30.0 Å². The topological polar surface area (TPSA) is 62.1 Å². The molecule has 0 saturated heterocycles. The fraction of sp³-hybridized carbons (Fsp3) is 0.500. The van der Waals surface area contributed by atoms with Gasteiger partial charge in [-0.25, -0.2) is 0 Å². The summed E-state index contributed by atoms with van der Waals surface area (Å²) < 4.78 is 5.62. The Morgan fingerprint density at radius 1 is 1.35 bits per heavy atom. The lowest BCUT2D eigenvalue weighted by Gasteiger charge is -2.19. The van der Waals surface area contributed by atoms with Gasteiger partial charge in [0.05, 0.1) is 12.1 Å². The molecular weight excluding hydrogens is 252 g/mol. The van der Waals surface area contributed by atoms with Crippen LogP contribution in [0.15, 0.2) is 24.3 Å². The van der Waals surface area contributed by atoms with Crippen LogP contribution >= 0.6 is 0 Å². The largest absolute Gasteiger partial charge is 0.491 e. The minimum Gasteiger partial charge on any atom is -0.491 e. The number of rotatable bonds is 5. The summed E-state index contributed by atoms with van der Waals surface area (Å²) in [6.45, 7) is 8.71. The van der Waals surface area contributed by atoms with Gasteiger partial charge in [-0.2, -0.15) is 5.26 Å². The maximum Gasteiger partial charge on any atom is 0.234 e. The molecule has 0 aromatic heterocycles. The lowest BCUT2D eigenvalue weighted by atomic mass is 9.87. The lowest BCUT2D eigenvalue weighted by molar-refractivity contribution is -0.120. The highest BCUT2D eigenvalue weighted by Gasteiger charge is 2.13. The predicted molar refractivity (Wildman–Crippen MR) is 78.5 cm³/mol. The van der Waals surface area contributed by atoms with E-state index >= 15 is 0 Å². The number of benzene rings is 1. The number of nitrogens with one attached hydrogen (secondary N) is 1. The summed E-state index contributed by atoms with van der Waals surface area (Å²) in [6, 6.07) is 9.66. The molecule has 0 radical (unpaired) electrons. The summed E-state index contributed by atoms with van der Waals surface area (Å²) in [6.07, 6.45) is -0.120. The Morgan fingerprint density at radius 2 is 1.95 bits per heavy atom. The van der Waals surface area contributed by atoms with Gasteiger partial charge >= 0.3 is 0 Å². The SMILES string of the molecule is C[C@@H](COc1ccc(C(C)(C)C)cc1)NC(=O)CC#N. The normalized spacial score (nSPS) is 12.3. The zero-order valence-corrected chi connectivity index (χ0v) is 12.6. The molecule has 0 bridgehead atoms. The molecular formula is C16H22N2O2. The van der Waals surface area contributed by atoms with Crippen LogP contribution in [0.5, 0.6) is 5.75 Å². The fourth-order valence-electron chi connectivity index (χ4n) is 1.71. The minimum atomic E-state index is -0.272. The van der Waals surface area contributed by atoms with Gasteiger partial charge in [-0.3, -0.25) is 4.79 Å². The van der Waals surface area contributed by atoms with Crippen LogP contribution in [0.3, 0.4) is 0 Å². The van der Waals surface area contributed by atoms with Gasteiger partial charge in [-0.1, -0.05) is 32.9 Å². The second-order valence-corrected chi connectivity index (χ2v) is 5.89.